The van der Waals surface area contributed by atoms with E-state index in [1.165, 1.54) is 30.2 Å². The van der Waals surface area contributed by atoms with Crippen molar-refractivity contribution < 1.29 is 0 Å². The van der Waals surface area contributed by atoms with Gasteiger partial charge in [-0.25, -0.2) is 0 Å². The fourth-order valence-corrected chi connectivity index (χ4v) is 3.47. The Balaban J connectivity index is 1.67. The molecule has 0 bridgehead atoms. The van der Waals surface area contributed by atoms with E-state index in [4.69, 9.17) is 11.6 Å². The lowest BCUT2D eigenvalue weighted by molar-refractivity contribution is 0.611. The molecule has 4 rings (SSSR count). The third-order valence-electron chi connectivity index (χ3n) is 4.82. The summed E-state index contributed by atoms with van der Waals surface area (Å²) in [6.45, 7) is 3.15. The van der Waals surface area contributed by atoms with E-state index >= 15 is 0 Å². The SMILES string of the molecule is Cc1cncc(Cl)c1Cc1nccc2c1ccn2CCC1CC1. The Hall–Kier alpha value is -1.87. The van der Waals surface area contributed by atoms with Crippen molar-refractivity contribution in [1.29, 1.82) is 0 Å². The van der Waals surface area contributed by atoms with Gasteiger partial charge in [0.15, 0.2) is 0 Å². The van der Waals surface area contributed by atoms with E-state index in [1.807, 2.05) is 12.4 Å². The smallest absolute Gasteiger partial charge is 0.0627 e. The third-order valence-corrected chi connectivity index (χ3v) is 5.15. The summed E-state index contributed by atoms with van der Waals surface area (Å²) in [6, 6.07) is 4.31. The Labute approximate surface area is 141 Å². The first-order valence-electron chi connectivity index (χ1n) is 8.24. The van der Waals surface area contributed by atoms with Crippen LogP contribution in [0.2, 0.25) is 5.02 Å². The molecule has 0 amide bonds. The van der Waals surface area contributed by atoms with Crippen LogP contribution in [0.5, 0.6) is 0 Å². The summed E-state index contributed by atoms with van der Waals surface area (Å²) in [5, 5.41) is 1.95. The largest absolute Gasteiger partial charge is 0.347 e. The molecule has 1 saturated carbocycles. The number of hydrogen-bond donors (Lipinski definition) is 0. The van der Waals surface area contributed by atoms with E-state index in [1.54, 1.807) is 6.20 Å². The van der Waals surface area contributed by atoms with Gasteiger partial charge in [0.2, 0.25) is 0 Å². The fraction of sp³-hybridized carbons (Fsp3) is 0.368. The van der Waals surface area contributed by atoms with Gasteiger partial charge in [-0.05, 0) is 42.5 Å². The number of nitrogens with zero attached hydrogens (tertiary/aromatic N) is 3. The summed E-state index contributed by atoms with van der Waals surface area (Å²) in [6.07, 6.45) is 12.5. The number of hydrogen-bond acceptors (Lipinski definition) is 2. The molecule has 23 heavy (non-hydrogen) atoms. The number of aromatic nitrogens is 3. The molecule has 1 aliphatic rings. The molecule has 3 heterocycles. The van der Waals surface area contributed by atoms with Crippen molar-refractivity contribution in [2.45, 2.75) is 39.2 Å². The highest BCUT2D eigenvalue weighted by molar-refractivity contribution is 6.31. The molecule has 0 aliphatic heterocycles. The van der Waals surface area contributed by atoms with E-state index in [2.05, 4.69) is 39.8 Å². The third kappa shape index (κ3) is 2.98. The Morgan fingerprint density at radius 3 is 2.91 bits per heavy atom. The van der Waals surface area contributed by atoms with E-state index < -0.39 is 0 Å². The molecular weight excluding hydrogens is 306 g/mol. The molecule has 0 radical (unpaired) electrons. The van der Waals surface area contributed by atoms with Crippen molar-refractivity contribution >= 4 is 22.5 Å². The van der Waals surface area contributed by atoms with Crippen molar-refractivity contribution in [1.82, 2.24) is 14.5 Å². The van der Waals surface area contributed by atoms with Gasteiger partial charge in [0.1, 0.15) is 0 Å². The number of rotatable bonds is 5. The molecule has 0 saturated heterocycles. The lowest BCUT2D eigenvalue weighted by Crippen LogP contribution is -2.00. The van der Waals surface area contributed by atoms with Crippen LogP contribution in [0.4, 0.5) is 0 Å². The molecule has 0 aromatic carbocycles. The Morgan fingerprint density at radius 1 is 1.26 bits per heavy atom. The summed E-state index contributed by atoms with van der Waals surface area (Å²) in [7, 11) is 0. The van der Waals surface area contributed by atoms with Gasteiger partial charge in [0, 0.05) is 43.1 Å². The van der Waals surface area contributed by atoms with E-state index in [9.17, 15) is 0 Å². The van der Waals surface area contributed by atoms with E-state index in [-0.39, 0.29) is 0 Å². The first kappa shape index (κ1) is 14.7. The number of halogens is 1. The summed E-state index contributed by atoms with van der Waals surface area (Å²) in [5.74, 6) is 0.951. The highest BCUT2D eigenvalue weighted by atomic mass is 35.5. The van der Waals surface area contributed by atoms with E-state index in [0.29, 0.717) is 0 Å². The predicted molar refractivity (Wildman–Crippen MR) is 93.9 cm³/mol. The second-order valence-electron chi connectivity index (χ2n) is 6.53. The van der Waals surface area contributed by atoms with Crippen molar-refractivity contribution in [3.05, 3.63) is 58.8 Å². The van der Waals surface area contributed by atoms with Crippen LogP contribution in [0, 0.1) is 12.8 Å². The van der Waals surface area contributed by atoms with Crippen molar-refractivity contribution in [3.63, 3.8) is 0 Å². The fourth-order valence-electron chi connectivity index (χ4n) is 3.20. The van der Waals surface area contributed by atoms with Crippen LogP contribution in [0.15, 0.2) is 36.9 Å². The van der Waals surface area contributed by atoms with Gasteiger partial charge in [-0.2, -0.15) is 0 Å². The minimum absolute atomic E-state index is 0.719. The quantitative estimate of drug-likeness (QED) is 0.675. The zero-order valence-corrected chi connectivity index (χ0v) is 14.1. The molecule has 3 nitrogen and oxygen atoms in total. The van der Waals surface area contributed by atoms with Gasteiger partial charge < -0.3 is 4.57 Å². The predicted octanol–water partition coefficient (Wildman–Crippen LogP) is 4.78. The van der Waals surface area contributed by atoms with Gasteiger partial charge in [-0.1, -0.05) is 24.4 Å². The van der Waals surface area contributed by atoms with Gasteiger partial charge in [0.05, 0.1) is 16.2 Å². The molecule has 3 aromatic heterocycles. The normalized spacial score (nSPS) is 14.5. The Bertz CT molecular complexity index is 829. The zero-order valence-electron chi connectivity index (χ0n) is 13.3. The average molecular weight is 326 g/mol. The summed E-state index contributed by atoms with van der Waals surface area (Å²) in [5.41, 5.74) is 4.60. The summed E-state index contributed by atoms with van der Waals surface area (Å²) >= 11 is 6.33. The van der Waals surface area contributed by atoms with Crippen LogP contribution in [0.1, 0.15) is 36.1 Å². The maximum Gasteiger partial charge on any atom is 0.0627 e. The van der Waals surface area contributed by atoms with Crippen LogP contribution in [0.25, 0.3) is 10.9 Å². The lowest BCUT2D eigenvalue weighted by atomic mass is 10.0. The number of aryl methyl sites for hydroxylation is 2. The molecule has 1 aliphatic carbocycles. The Kier molecular flexibility index (Phi) is 3.82. The van der Waals surface area contributed by atoms with Crippen LogP contribution < -0.4 is 0 Å². The minimum atomic E-state index is 0.719. The zero-order chi connectivity index (χ0) is 15.8. The molecule has 0 N–H and O–H groups in total. The molecular formula is C19H20ClN3. The molecule has 0 unspecified atom stereocenters. The average Bonchev–Trinajstić information content (AvgIpc) is 3.28. The number of fused-ring (bicyclic) bond motifs is 1. The van der Waals surface area contributed by atoms with Gasteiger partial charge in [0.25, 0.3) is 0 Å². The molecule has 0 spiro atoms. The monoisotopic (exact) mass is 325 g/mol. The summed E-state index contributed by atoms with van der Waals surface area (Å²) < 4.78 is 2.36. The van der Waals surface area contributed by atoms with Gasteiger partial charge in [-0.15, -0.1) is 0 Å². The summed E-state index contributed by atoms with van der Waals surface area (Å²) in [4.78, 5) is 8.76. The second-order valence-corrected chi connectivity index (χ2v) is 6.93. The van der Waals surface area contributed by atoms with Gasteiger partial charge in [-0.3, -0.25) is 9.97 Å². The topological polar surface area (TPSA) is 30.7 Å². The highest BCUT2D eigenvalue weighted by Crippen LogP contribution is 2.33. The highest BCUT2D eigenvalue weighted by Gasteiger charge is 2.21. The first-order valence-corrected chi connectivity index (χ1v) is 8.62. The molecule has 0 atom stereocenters. The second kappa shape index (κ2) is 5.97. The minimum Gasteiger partial charge on any atom is -0.347 e. The lowest BCUT2D eigenvalue weighted by Gasteiger charge is -2.09. The maximum absolute atomic E-state index is 6.33. The first-order chi connectivity index (χ1) is 11.2. The van der Waals surface area contributed by atoms with Gasteiger partial charge >= 0.3 is 0 Å². The van der Waals surface area contributed by atoms with Crippen LogP contribution in [-0.2, 0) is 13.0 Å². The Morgan fingerprint density at radius 2 is 2.13 bits per heavy atom. The molecule has 1 fully saturated rings. The van der Waals surface area contributed by atoms with Crippen molar-refractivity contribution in [2.75, 3.05) is 0 Å². The van der Waals surface area contributed by atoms with Crippen LogP contribution in [0.3, 0.4) is 0 Å². The molecule has 3 aromatic rings. The molecule has 4 heteroatoms. The van der Waals surface area contributed by atoms with Crippen molar-refractivity contribution in [2.24, 2.45) is 5.92 Å². The van der Waals surface area contributed by atoms with Crippen LogP contribution >= 0.6 is 11.6 Å². The van der Waals surface area contributed by atoms with Crippen molar-refractivity contribution in [3.8, 4) is 0 Å². The standard InChI is InChI=1S/C19H20ClN3/c1-13-11-21-12-17(20)16(13)10-18-15-6-9-23(8-5-14-2-3-14)19(15)4-7-22-18/h4,6-7,9,11-12,14H,2-3,5,8,10H2,1H3. The maximum atomic E-state index is 6.33. The van der Waals surface area contributed by atoms with Crippen LogP contribution in [-0.4, -0.2) is 14.5 Å². The number of pyridine rings is 2. The molecule has 118 valence electrons. The van der Waals surface area contributed by atoms with E-state index in [0.717, 1.165) is 40.7 Å².